The zero-order valence-corrected chi connectivity index (χ0v) is 18.4. The molecule has 0 unspecified atom stereocenters. The summed E-state index contributed by atoms with van der Waals surface area (Å²) in [5.74, 6) is -3.03. The second-order valence-electron chi connectivity index (χ2n) is 7.61. The third-order valence-electron chi connectivity index (χ3n) is 5.57. The highest BCUT2D eigenvalue weighted by Crippen LogP contribution is 2.44. The average Bonchev–Trinajstić information content (AvgIpc) is 3.14. The van der Waals surface area contributed by atoms with E-state index in [-0.39, 0.29) is 18.9 Å². The first-order chi connectivity index (χ1) is 15.8. The molecule has 0 heterocycles. The maximum Gasteiger partial charge on any atom is 0.407 e. The topological polar surface area (TPSA) is 131 Å². The lowest BCUT2D eigenvalue weighted by Crippen LogP contribution is -2.52. The van der Waals surface area contributed by atoms with Crippen LogP contribution in [0.5, 0.6) is 0 Å². The number of methoxy groups -OCH3 is 1. The highest BCUT2D eigenvalue weighted by Gasteiger charge is 2.31. The Morgan fingerprint density at radius 1 is 0.939 bits per heavy atom. The summed E-state index contributed by atoms with van der Waals surface area (Å²) >= 11 is 0. The summed E-state index contributed by atoms with van der Waals surface area (Å²) in [6.07, 6.45) is -1.13. The number of hydrogen-bond acceptors (Lipinski definition) is 6. The summed E-state index contributed by atoms with van der Waals surface area (Å²) in [5.41, 5.74) is 4.31. The first-order valence-electron chi connectivity index (χ1n) is 10.6. The molecule has 2 aromatic carbocycles. The minimum absolute atomic E-state index is 0.0814. The number of rotatable bonds is 9. The lowest BCUT2D eigenvalue weighted by Gasteiger charge is -2.20. The smallest absolute Gasteiger partial charge is 0.407 e. The standard InChI is InChI=1S/C24H26N2O7/c1-3-19(22(28)25-20(23(29)30)12-21(27)32-2)26-24(31)33-13-18-16-10-6-4-8-14(16)15-9-5-7-11-17(15)18/h4-11,18-20H,3,12-13H2,1-2H3,(H,25,28)(H,26,31)(H,29,30)/t19-,20-/m1/s1. The number of carboxylic acids is 1. The van der Waals surface area contributed by atoms with E-state index >= 15 is 0 Å². The van der Waals surface area contributed by atoms with E-state index in [1.54, 1.807) is 6.92 Å². The Bertz CT molecular complexity index is 1010. The van der Waals surface area contributed by atoms with Crippen molar-refractivity contribution < 1.29 is 33.8 Å². The number of esters is 1. The number of ether oxygens (including phenoxy) is 2. The summed E-state index contributed by atoms with van der Waals surface area (Å²) in [4.78, 5) is 47.6. The normalized spacial score (nSPS) is 13.8. The average molecular weight is 454 g/mol. The van der Waals surface area contributed by atoms with Crippen LogP contribution in [0.3, 0.4) is 0 Å². The first kappa shape index (κ1) is 23.8. The summed E-state index contributed by atoms with van der Waals surface area (Å²) in [6.45, 7) is 1.74. The molecule has 0 bridgehead atoms. The first-order valence-corrected chi connectivity index (χ1v) is 10.6. The second-order valence-corrected chi connectivity index (χ2v) is 7.61. The van der Waals surface area contributed by atoms with Crippen LogP contribution in [0.1, 0.15) is 36.8 Å². The Kier molecular flexibility index (Phi) is 7.66. The number of fused-ring (bicyclic) bond motifs is 3. The number of carboxylic acid groups (broad SMARTS) is 1. The zero-order chi connectivity index (χ0) is 24.0. The van der Waals surface area contributed by atoms with E-state index in [1.165, 1.54) is 0 Å². The molecule has 1 aliphatic carbocycles. The number of benzene rings is 2. The Balaban J connectivity index is 1.61. The van der Waals surface area contributed by atoms with E-state index in [4.69, 9.17) is 4.74 Å². The van der Waals surface area contributed by atoms with Gasteiger partial charge in [-0.1, -0.05) is 55.5 Å². The van der Waals surface area contributed by atoms with Crippen molar-refractivity contribution in [2.75, 3.05) is 13.7 Å². The molecule has 33 heavy (non-hydrogen) atoms. The van der Waals surface area contributed by atoms with Crippen LogP contribution in [0, 0.1) is 0 Å². The number of amides is 2. The summed E-state index contributed by atoms with van der Waals surface area (Å²) < 4.78 is 9.89. The number of carbonyl (C=O) groups excluding carboxylic acids is 3. The molecule has 0 saturated carbocycles. The van der Waals surface area contributed by atoms with E-state index in [1.807, 2.05) is 48.5 Å². The fourth-order valence-electron chi connectivity index (χ4n) is 3.86. The molecule has 0 radical (unpaired) electrons. The summed E-state index contributed by atoms with van der Waals surface area (Å²) in [7, 11) is 1.12. The van der Waals surface area contributed by atoms with Gasteiger partial charge >= 0.3 is 18.0 Å². The molecule has 174 valence electrons. The molecule has 0 saturated heterocycles. The van der Waals surface area contributed by atoms with Gasteiger partial charge < -0.3 is 25.2 Å². The van der Waals surface area contributed by atoms with Crippen LogP contribution >= 0.6 is 0 Å². The molecule has 2 atom stereocenters. The van der Waals surface area contributed by atoms with Crippen molar-refractivity contribution in [3.63, 3.8) is 0 Å². The van der Waals surface area contributed by atoms with Crippen molar-refractivity contribution in [2.45, 2.75) is 37.8 Å². The predicted octanol–water partition coefficient (Wildman–Crippen LogP) is 2.44. The van der Waals surface area contributed by atoms with Crippen molar-refractivity contribution in [1.29, 1.82) is 0 Å². The predicted molar refractivity (Wildman–Crippen MR) is 118 cm³/mol. The van der Waals surface area contributed by atoms with Gasteiger partial charge in [-0.15, -0.1) is 0 Å². The minimum Gasteiger partial charge on any atom is -0.480 e. The van der Waals surface area contributed by atoms with Crippen LogP contribution in [0.25, 0.3) is 11.1 Å². The highest BCUT2D eigenvalue weighted by atomic mass is 16.5. The van der Waals surface area contributed by atoms with E-state index in [0.717, 1.165) is 29.4 Å². The molecular weight excluding hydrogens is 428 g/mol. The molecule has 9 nitrogen and oxygen atoms in total. The molecule has 2 aromatic rings. The maximum absolute atomic E-state index is 12.5. The van der Waals surface area contributed by atoms with Gasteiger partial charge in [0.05, 0.1) is 13.5 Å². The van der Waals surface area contributed by atoms with E-state index < -0.39 is 42.4 Å². The van der Waals surface area contributed by atoms with Gasteiger partial charge in [0.25, 0.3) is 0 Å². The molecule has 3 N–H and O–H groups in total. The molecule has 2 amide bonds. The fraction of sp³-hybridized carbons (Fsp3) is 0.333. The monoisotopic (exact) mass is 454 g/mol. The lowest BCUT2D eigenvalue weighted by molar-refractivity contribution is -0.148. The van der Waals surface area contributed by atoms with Crippen molar-refractivity contribution in [3.8, 4) is 11.1 Å². The van der Waals surface area contributed by atoms with E-state index in [2.05, 4.69) is 15.4 Å². The van der Waals surface area contributed by atoms with E-state index in [0.29, 0.717) is 0 Å². The lowest BCUT2D eigenvalue weighted by atomic mass is 9.98. The van der Waals surface area contributed by atoms with Crippen molar-refractivity contribution >= 4 is 23.9 Å². The Hall–Kier alpha value is -3.88. The highest BCUT2D eigenvalue weighted by molar-refractivity contribution is 5.91. The maximum atomic E-state index is 12.5. The Morgan fingerprint density at radius 2 is 1.52 bits per heavy atom. The molecule has 0 aromatic heterocycles. The van der Waals surface area contributed by atoms with Gasteiger partial charge in [-0.05, 0) is 28.7 Å². The third kappa shape index (κ3) is 5.49. The molecule has 3 rings (SSSR count). The molecule has 0 fully saturated rings. The van der Waals surface area contributed by atoms with Crippen molar-refractivity contribution in [3.05, 3.63) is 59.7 Å². The fourth-order valence-corrected chi connectivity index (χ4v) is 3.86. The van der Waals surface area contributed by atoms with Gasteiger partial charge in [-0.25, -0.2) is 9.59 Å². The molecular formula is C24H26N2O7. The minimum atomic E-state index is -1.47. The van der Waals surface area contributed by atoms with Crippen LogP contribution < -0.4 is 10.6 Å². The van der Waals surface area contributed by atoms with Gasteiger partial charge in [0.2, 0.25) is 5.91 Å². The number of alkyl carbamates (subject to hydrolysis) is 1. The SMILES string of the molecule is CC[C@@H](NC(=O)OCC1c2ccccc2-c2ccccc21)C(=O)N[C@H](CC(=O)OC)C(=O)O. The number of hydrogen-bond donors (Lipinski definition) is 3. The van der Waals surface area contributed by atoms with Gasteiger partial charge in [-0.2, -0.15) is 0 Å². The molecule has 9 heteroatoms. The van der Waals surface area contributed by atoms with Crippen LogP contribution in [0.2, 0.25) is 0 Å². The molecule has 1 aliphatic rings. The van der Waals surface area contributed by atoms with Crippen molar-refractivity contribution in [2.24, 2.45) is 0 Å². The van der Waals surface area contributed by atoms with Crippen LogP contribution in [0.4, 0.5) is 4.79 Å². The van der Waals surface area contributed by atoms with Gasteiger partial charge in [-0.3, -0.25) is 9.59 Å². The Labute approximate surface area is 191 Å². The van der Waals surface area contributed by atoms with Crippen LogP contribution in [-0.4, -0.2) is 54.8 Å². The third-order valence-corrected chi connectivity index (χ3v) is 5.57. The van der Waals surface area contributed by atoms with Gasteiger partial charge in [0.15, 0.2) is 0 Å². The molecule has 0 aliphatic heterocycles. The quantitative estimate of drug-likeness (QED) is 0.496. The number of carbonyl (C=O) groups is 4. The van der Waals surface area contributed by atoms with Crippen LogP contribution in [-0.2, 0) is 23.9 Å². The van der Waals surface area contributed by atoms with Gasteiger partial charge in [0, 0.05) is 5.92 Å². The number of nitrogens with one attached hydrogen (secondary N) is 2. The van der Waals surface area contributed by atoms with Crippen molar-refractivity contribution in [1.82, 2.24) is 10.6 Å². The summed E-state index contributed by atoms with van der Waals surface area (Å²) in [6, 6.07) is 13.3. The van der Waals surface area contributed by atoms with E-state index in [9.17, 15) is 24.3 Å². The van der Waals surface area contributed by atoms with Gasteiger partial charge in [0.1, 0.15) is 18.7 Å². The second kappa shape index (κ2) is 10.6. The Morgan fingerprint density at radius 3 is 2.03 bits per heavy atom. The summed E-state index contributed by atoms with van der Waals surface area (Å²) in [5, 5.41) is 14.0. The molecule has 0 spiro atoms. The zero-order valence-electron chi connectivity index (χ0n) is 18.4. The number of aliphatic carboxylic acids is 1. The largest absolute Gasteiger partial charge is 0.480 e. The van der Waals surface area contributed by atoms with Crippen LogP contribution in [0.15, 0.2) is 48.5 Å².